The predicted molar refractivity (Wildman–Crippen MR) is 58.3 cm³/mol. The van der Waals surface area contributed by atoms with Crippen LogP contribution in [0.1, 0.15) is 58.3 Å². The maximum absolute atomic E-state index is 5.67. The van der Waals surface area contributed by atoms with Crippen LogP contribution in [0.3, 0.4) is 0 Å². The van der Waals surface area contributed by atoms with E-state index in [0.717, 1.165) is 25.9 Å². The van der Waals surface area contributed by atoms with Crippen LogP contribution in [0.2, 0.25) is 0 Å². The summed E-state index contributed by atoms with van der Waals surface area (Å²) >= 11 is 0. The van der Waals surface area contributed by atoms with Crippen molar-refractivity contribution >= 4 is 0 Å². The molecule has 14 heavy (non-hydrogen) atoms. The average molecular weight is 200 g/mol. The van der Waals surface area contributed by atoms with Gasteiger partial charge in [0.05, 0.1) is 6.61 Å². The van der Waals surface area contributed by atoms with E-state index < -0.39 is 0 Å². The summed E-state index contributed by atoms with van der Waals surface area (Å²) < 4.78 is 11.2. The van der Waals surface area contributed by atoms with Crippen molar-refractivity contribution in [2.24, 2.45) is 0 Å². The number of rotatable bonds is 7. The van der Waals surface area contributed by atoms with Crippen molar-refractivity contribution in [3.8, 4) is 0 Å². The molecule has 0 radical (unpaired) electrons. The minimum atomic E-state index is -0.216. The summed E-state index contributed by atoms with van der Waals surface area (Å²) in [5, 5.41) is 0. The van der Waals surface area contributed by atoms with Gasteiger partial charge in [0.25, 0.3) is 0 Å². The van der Waals surface area contributed by atoms with Crippen molar-refractivity contribution in [1.29, 1.82) is 0 Å². The van der Waals surface area contributed by atoms with Crippen LogP contribution in [0, 0.1) is 0 Å². The molecular weight excluding hydrogens is 176 g/mol. The quantitative estimate of drug-likeness (QED) is 0.586. The second-order valence-electron chi connectivity index (χ2n) is 4.23. The molecular formula is C12H24O2. The number of unbranched alkanes of at least 4 members (excludes halogenated alkanes) is 4. The Morgan fingerprint density at radius 2 is 2.00 bits per heavy atom. The lowest BCUT2D eigenvalue weighted by Crippen LogP contribution is -2.29. The van der Waals surface area contributed by atoms with Crippen LogP contribution < -0.4 is 0 Å². The monoisotopic (exact) mass is 200 g/mol. The molecule has 0 bridgehead atoms. The van der Waals surface area contributed by atoms with Crippen LogP contribution in [0.25, 0.3) is 0 Å². The second kappa shape index (κ2) is 6.41. The van der Waals surface area contributed by atoms with Crippen LogP contribution >= 0.6 is 0 Å². The van der Waals surface area contributed by atoms with Gasteiger partial charge in [0.2, 0.25) is 0 Å². The first kappa shape index (κ1) is 12.0. The molecule has 2 nitrogen and oxygen atoms in total. The number of ether oxygens (including phenoxy) is 2. The largest absolute Gasteiger partial charge is 0.353 e. The van der Waals surface area contributed by atoms with E-state index in [9.17, 15) is 0 Å². The molecule has 0 spiro atoms. The van der Waals surface area contributed by atoms with Crippen molar-refractivity contribution in [1.82, 2.24) is 0 Å². The van der Waals surface area contributed by atoms with Crippen molar-refractivity contribution in [3.05, 3.63) is 0 Å². The molecule has 1 fully saturated rings. The van der Waals surface area contributed by atoms with Gasteiger partial charge in [-0.3, -0.25) is 0 Å². The molecule has 1 saturated heterocycles. The average Bonchev–Trinajstić information content (AvgIpc) is 2.67. The Kier molecular flexibility index (Phi) is 5.49. The zero-order valence-corrected chi connectivity index (χ0v) is 9.68. The summed E-state index contributed by atoms with van der Waals surface area (Å²) in [6.07, 6.45) is 9.91. The summed E-state index contributed by atoms with van der Waals surface area (Å²) in [7, 11) is 1.78. The van der Waals surface area contributed by atoms with E-state index in [-0.39, 0.29) is 5.79 Å². The lowest BCUT2D eigenvalue weighted by molar-refractivity contribution is -0.197. The lowest BCUT2D eigenvalue weighted by Gasteiger charge is -2.26. The molecule has 0 amide bonds. The van der Waals surface area contributed by atoms with Gasteiger partial charge in [-0.2, -0.15) is 0 Å². The first-order chi connectivity index (χ1) is 6.83. The van der Waals surface area contributed by atoms with Crippen LogP contribution in [0.15, 0.2) is 0 Å². The van der Waals surface area contributed by atoms with Crippen LogP contribution in [-0.4, -0.2) is 19.5 Å². The molecule has 0 aromatic heterocycles. The fraction of sp³-hybridized carbons (Fsp3) is 1.00. The molecule has 0 aromatic carbocycles. The van der Waals surface area contributed by atoms with Gasteiger partial charge in [0.1, 0.15) is 0 Å². The highest BCUT2D eigenvalue weighted by molar-refractivity contribution is 4.74. The Balaban J connectivity index is 2.08. The first-order valence-corrected chi connectivity index (χ1v) is 6.02. The van der Waals surface area contributed by atoms with Crippen LogP contribution in [-0.2, 0) is 9.47 Å². The van der Waals surface area contributed by atoms with Crippen molar-refractivity contribution in [2.45, 2.75) is 64.1 Å². The molecule has 1 atom stereocenters. The molecule has 84 valence electrons. The predicted octanol–water partition coefficient (Wildman–Crippen LogP) is 3.50. The highest BCUT2D eigenvalue weighted by atomic mass is 16.7. The van der Waals surface area contributed by atoms with Gasteiger partial charge in [-0.25, -0.2) is 0 Å². The maximum Gasteiger partial charge on any atom is 0.167 e. The second-order valence-corrected chi connectivity index (χ2v) is 4.23. The third-order valence-corrected chi connectivity index (χ3v) is 3.10. The van der Waals surface area contributed by atoms with E-state index in [1.807, 2.05) is 0 Å². The Hall–Kier alpha value is -0.0800. The zero-order valence-electron chi connectivity index (χ0n) is 9.68. The van der Waals surface area contributed by atoms with Gasteiger partial charge < -0.3 is 9.47 Å². The summed E-state index contributed by atoms with van der Waals surface area (Å²) in [4.78, 5) is 0. The van der Waals surface area contributed by atoms with Gasteiger partial charge >= 0.3 is 0 Å². The van der Waals surface area contributed by atoms with Gasteiger partial charge in [-0.1, -0.05) is 32.6 Å². The van der Waals surface area contributed by atoms with Crippen molar-refractivity contribution in [2.75, 3.05) is 13.7 Å². The van der Waals surface area contributed by atoms with Crippen LogP contribution in [0.5, 0.6) is 0 Å². The fourth-order valence-corrected chi connectivity index (χ4v) is 2.13. The smallest absolute Gasteiger partial charge is 0.167 e. The van der Waals surface area contributed by atoms with E-state index in [4.69, 9.17) is 9.47 Å². The standard InChI is InChI=1S/C12H24O2/c1-3-4-5-6-7-9-12(13-2)10-8-11-14-12/h3-11H2,1-2H3. The number of hydrogen-bond donors (Lipinski definition) is 0. The molecule has 2 heteroatoms. The summed E-state index contributed by atoms with van der Waals surface area (Å²) in [5.41, 5.74) is 0. The Labute approximate surface area is 88.0 Å². The topological polar surface area (TPSA) is 18.5 Å². The van der Waals surface area contributed by atoms with E-state index in [2.05, 4.69) is 6.92 Å². The van der Waals surface area contributed by atoms with Gasteiger partial charge in [0.15, 0.2) is 5.79 Å². The van der Waals surface area contributed by atoms with E-state index >= 15 is 0 Å². The molecule has 1 aliphatic heterocycles. The third-order valence-electron chi connectivity index (χ3n) is 3.10. The lowest BCUT2D eigenvalue weighted by atomic mass is 10.0. The molecule has 0 N–H and O–H groups in total. The van der Waals surface area contributed by atoms with Gasteiger partial charge in [0, 0.05) is 20.0 Å². The summed E-state index contributed by atoms with van der Waals surface area (Å²) in [5.74, 6) is -0.216. The zero-order chi connectivity index (χ0) is 10.3. The molecule has 1 heterocycles. The summed E-state index contributed by atoms with van der Waals surface area (Å²) in [6.45, 7) is 3.12. The summed E-state index contributed by atoms with van der Waals surface area (Å²) in [6, 6.07) is 0. The van der Waals surface area contributed by atoms with Crippen molar-refractivity contribution in [3.63, 3.8) is 0 Å². The highest BCUT2D eigenvalue weighted by Crippen LogP contribution is 2.31. The van der Waals surface area contributed by atoms with E-state index in [1.165, 1.54) is 32.1 Å². The molecule has 1 aliphatic rings. The molecule has 0 aliphatic carbocycles. The molecule has 1 rings (SSSR count). The maximum atomic E-state index is 5.67. The minimum absolute atomic E-state index is 0.216. The van der Waals surface area contributed by atoms with Gasteiger partial charge in [-0.15, -0.1) is 0 Å². The Bertz CT molecular complexity index is 139. The van der Waals surface area contributed by atoms with E-state index in [1.54, 1.807) is 7.11 Å². The highest BCUT2D eigenvalue weighted by Gasteiger charge is 2.33. The minimum Gasteiger partial charge on any atom is -0.353 e. The van der Waals surface area contributed by atoms with E-state index in [0.29, 0.717) is 0 Å². The molecule has 0 saturated carbocycles. The number of hydrogen-bond acceptors (Lipinski definition) is 2. The molecule has 1 unspecified atom stereocenters. The SMILES string of the molecule is CCCCCCCC1(OC)CCCO1. The first-order valence-electron chi connectivity index (χ1n) is 6.02. The molecule has 0 aromatic rings. The normalized spacial score (nSPS) is 27.0. The third kappa shape index (κ3) is 3.58. The Morgan fingerprint density at radius 3 is 2.57 bits per heavy atom. The Morgan fingerprint density at radius 1 is 1.21 bits per heavy atom. The number of methoxy groups -OCH3 is 1. The van der Waals surface area contributed by atoms with Gasteiger partial charge in [-0.05, 0) is 12.8 Å². The van der Waals surface area contributed by atoms with Crippen molar-refractivity contribution < 1.29 is 9.47 Å². The van der Waals surface area contributed by atoms with Crippen LogP contribution in [0.4, 0.5) is 0 Å². The fourth-order valence-electron chi connectivity index (χ4n) is 2.13.